The van der Waals surface area contributed by atoms with E-state index in [0.717, 1.165) is 12.8 Å². The summed E-state index contributed by atoms with van der Waals surface area (Å²) in [5.74, 6) is -0.712. The highest BCUT2D eigenvalue weighted by Crippen LogP contribution is 2.27. The summed E-state index contributed by atoms with van der Waals surface area (Å²) >= 11 is 0. The first kappa shape index (κ1) is 16.4. The second kappa shape index (κ2) is 7.21. The SMILES string of the molecule is COCCS(=O)(=O)N1CCCC(C(C)CC(=O)O)C1. The lowest BCUT2D eigenvalue weighted by Gasteiger charge is -2.34. The van der Waals surface area contributed by atoms with E-state index in [1.54, 1.807) is 0 Å². The summed E-state index contributed by atoms with van der Waals surface area (Å²) in [5, 5.41) is 8.81. The Labute approximate surface area is 114 Å². The van der Waals surface area contributed by atoms with E-state index in [4.69, 9.17) is 9.84 Å². The maximum Gasteiger partial charge on any atom is 0.303 e. The van der Waals surface area contributed by atoms with Crippen molar-refractivity contribution in [2.24, 2.45) is 11.8 Å². The summed E-state index contributed by atoms with van der Waals surface area (Å²) < 4.78 is 30.4. The molecule has 1 rings (SSSR count). The second-order valence-corrected chi connectivity index (χ2v) is 7.23. The predicted octanol–water partition coefficient (Wildman–Crippen LogP) is 0.785. The molecule has 2 atom stereocenters. The maximum absolute atomic E-state index is 12.1. The number of methoxy groups -OCH3 is 1. The molecular formula is C12H23NO5S. The number of aliphatic carboxylic acids is 1. The predicted molar refractivity (Wildman–Crippen MR) is 71.4 cm³/mol. The number of hydrogen-bond acceptors (Lipinski definition) is 4. The fraction of sp³-hybridized carbons (Fsp3) is 0.917. The third kappa shape index (κ3) is 5.08. The average Bonchev–Trinajstić information content (AvgIpc) is 2.36. The molecular weight excluding hydrogens is 270 g/mol. The van der Waals surface area contributed by atoms with Gasteiger partial charge in [0, 0.05) is 26.6 Å². The Kier molecular flexibility index (Phi) is 6.22. The summed E-state index contributed by atoms with van der Waals surface area (Å²) in [7, 11) is -1.80. The second-order valence-electron chi connectivity index (χ2n) is 5.14. The van der Waals surface area contributed by atoms with E-state index in [9.17, 15) is 13.2 Å². The molecule has 1 saturated heterocycles. The summed E-state index contributed by atoms with van der Waals surface area (Å²) in [6.07, 6.45) is 1.78. The summed E-state index contributed by atoms with van der Waals surface area (Å²) in [6, 6.07) is 0. The molecule has 7 heteroatoms. The van der Waals surface area contributed by atoms with Gasteiger partial charge in [0.15, 0.2) is 0 Å². The van der Waals surface area contributed by atoms with Crippen molar-refractivity contribution >= 4 is 16.0 Å². The summed E-state index contributed by atoms with van der Waals surface area (Å²) in [5.41, 5.74) is 0. The number of nitrogens with zero attached hydrogens (tertiary/aromatic N) is 1. The lowest BCUT2D eigenvalue weighted by molar-refractivity contribution is -0.138. The standard InChI is InChI=1S/C12H23NO5S/c1-10(8-12(14)15)11-4-3-5-13(9-11)19(16,17)7-6-18-2/h10-11H,3-9H2,1-2H3,(H,14,15). The van der Waals surface area contributed by atoms with Gasteiger partial charge in [0.2, 0.25) is 10.0 Å². The maximum atomic E-state index is 12.1. The van der Waals surface area contributed by atoms with Crippen molar-refractivity contribution in [3.8, 4) is 0 Å². The monoisotopic (exact) mass is 293 g/mol. The van der Waals surface area contributed by atoms with Crippen LogP contribution < -0.4 is 0 Å². The molecule has 0 radical (unpaired) electrons. The van der Waals surface area contributed by atoms with Crippen molar-refractivity contribution in [2.45, 2.75) is 26.2 Å². The van der Waals surface area contributed by atoms with Crippen molar-refractivity contribution in [2.75, 3.05) is 32.6 Å². The number of ether oxygens (including phenoxy) is 1. The van der Waals surface area contributed by atoms with Gasteiger partial charge in [-0.05, 0) is 24.7 Å². The van der Waals surface area contributed by atoms with Crippen LogP contribution in [-0.4, -0.2) is 56.4 Å². The quantitative estimate of drug-likeness (QED) is 0.750. The molecule has 1 aliphatic rings. The Morgan fingerprint density at radius 3 is 2.79 bits per heavy atom. The van der Waals surface area contributed by atoms with E-state index in [2.05, 4.69) is 0 Å². The van der Waals surface area contributed by atoms with Gasteiger partial charge in [0.25, 0.3) is 0 Å². The molecule has 0 aromatic rings. The first-order valence-corrected chi connectivity index (χ1v) is 8.16. The highest BCUT2D eigenvalue weighted by Gasteiger charge is 2.31. The van der Waals surface area contributed by atoms with Gasteiger partial charge in [-0.25, -0.2) is 12.7 Å². The molecule has 0 saturated carbocycles. The smallest absolute Gasteiger partial charge is 0.303 e. The lowest BCUT2D eigenvalue weighted by Crippen LogP contribution is -2.43. The molecule has 0 bridgehead atoms. The normalized spacial score (nSPS) is 23.2. The highest BCUT2D eigenvalue weighted by molar-refractivity contribution is 7.89. The van der Waals surface area contributed by atoms with Crippen LogP contribution in [0, 0.1) is 11.8 Å². The minimum atomic E-state index is -3.28. The van der Waals surface area contributed by atoms with E-state index in [0.29, 0.717) is 13.1 Å². The zero-order valence-corrected chi connectivity index (χ0v) is 12.4. The molecule has 0 amide bonds. The third-order valence-corrected chi connectivity index (χ3v) is 5.46. The van der Waals surface area contributed by atoms with Crippen molar-refractivity contribution in [1.29, 1.82) is 0 Å². The van der Waals surface area contributed by atoms with Gasteiger partial charge in [-0.15, -0.1) is 0 Å². The minimum Gasteiger partial charge on any atom is -0.481 e. The molecule has 6 nitrogen and oxygen atoms in total. The molecule has 1 N–H and O–H groups in total. The van der Waals surface area contributed by atoms with Crippen LogP contribution in [0.4, 0.5) is 0 Å². The first-order valence-electron chi connectivity index (χ1n) is 6.55. The molecule has 0 aliphatic carbocycles. The Morgan fingerprint density at radius 1 is 1.53 bits per heavy atom. The van der Waals surface area contributed by atoms with Gasteiger partial charge in [-0.2, -0.15) is 0 Å². The van der Waals surface area contributed by atoms with Crippen LogP contribution in [-0.2, 0) is 19.6 Å². The number of hydrogen-bond donors (Lipinski definition) is 1. The van der Waals surface area contributed by atoms with Crippen LogP contribution in [0.5, 0.6) is 0 Å². The van der Waals surface area contributed by atoms with E-state index in [1.165, 1.54) is 11.4 Å². The molecule has 1 aliphatic heterocycles. The fourth-order valence-electron chi connectivity index (χ4n) is 2.45. The van der Waals surface area contributed by atoms with Gasteiger partial charge >= 0.3 is 5.97 Å². The van der Waals surface area contributed by atoms with Crippen LogP contribution in [0.3, 0.4) is 0 Å². The van der Waals surface area contributed by atoms with Crippen molar-refractivity contribution in [3.05, 3.63) is 0 Å². The van der Waals surface area contributed by atoms with Crippen LogP contribution in [0.2, 0.25) is 0 Å². The number of piperidine rings is 1. The first-order chi connectivity index (χ1) is 8.86. The van der Waals surface area contributed by atoms with E-state index in [1.807, 2.05) is 6.92 Å². The highest BCUT2D eigenvalue weighted by atomic mass is 32.2. The van der Waals surface area contributed by atoms with Crippen LogP contribution >= 0.6 is 0 Å². The Bertz CT molecular complexity index is 395. The van der Waals surface area contributed by atoms with Gasteiger partial charge in [0.1, 0.15) is 0 Å². The van der Waals surface area contributed by atoms with Gasteiger partial charge in [0.05, 0.1) is 12.4 Å². The van der Waals surface area contributed by atoms with Crippen molar-refractivity contribution in [1.82, 2.24) is 4.31 Å². The fourth-order valence-corrected chi connectivity index (χ4v) is 3.91. The molecule has 2 unspecified atom stereocenters. The van der Waals surface area contributed by atoms with Crippen molar-refractivity contribution < 1.29 is 23.1 Å². The van der Waals surface area contributed by atoms with Gasteiger partial charge in [-0.1, -0.05) is 6.92 Å². The Balaban J connectivity index is 2.61. The van der Waals surface area contributed by atoms with E-state index in [-0.39, 0.29) is 30.6 Å². The minimum absolute atomic E-state index is 0.00192. The molecule has 0 spiro atoms. The summed E-state index contributed by atoms with van der Waals surface area (Å²) in [6.45, 7) is 3.03. The third-order valence-electron chi connectivity index (χ3n) is 3.66. The van der Waals surface area contributed by atoms with Crippen LogP contribution in [0.25, 0.3) is 0 Å². The Morgan fingerprint density at radius 2 is 2.21 bits per heavy atom. The number of carboxylic acids is 1. The van der Waals surface area contributed by atoms with Crippen molar-refractivity contribution in [3.63, 3.8) is 0 Å². The largest absolute Gasteiger partial charge is 0.481 e. The van der Waals surface area contributed by atoms with Gasteiger partial charge in [-0.3, -0.25) is 4.79 Å². The lowest BCUT2D eigenvalue weighted by atomic mass is 9.85. The number of carbonyl (C=O) groups is 1. The zero-order valence-electron chi connectivity index (χ0n) is 11.5. The topological polar surface area (TPSA) is 83.9 Å². The number of sulfonamides is 1. The molecule has 1 heterocycles. The van der Waals surface area contributed by atoms with Crippen LogP contribution in [0.15, 0.2) is 0 Å². The van der Waals surface area contributed by atoms with Crippen LogP contribution in [0.1, 0.15) is 26.2 Å². The average molecular weight is 293 g/mol. The molecule has 112 valence electrons. The summed E-state index contributed by atoms with van der Waals surface area (Å²) in [4.78, 5) is 10.7. The number of carboxylic acid groups (broad SMARTS) is 1. The van der Waals surface area contributed by atoms with E-state index < -0.39 is 16.0 Å². The Hall–Kier alpha value is -0.660. The molecule has 1 fully saturated rings. The molecule has 0 aromatic heterocycles. The molecule has 19 heavy (non-hydrogen) atoms. The zero-order chi connectivity index (χ0) is 14.5. The molecule has 0 aromatic carbocycles. The number of rotatable bonds is 7. The van der Waals surface area contributed by atoms with E-state index >= 15 is 0 Å². The van der Waals surface area contributed by atoms with Gasteiger partial charge < -0.3 is 9.84 Å².